The predicted molar refractivity (Wildman–Crippen MR) is 106 cm³/mol. The molecule has 0 saturated heterocycles. The number of unbranched alkanes of at least 4 members (excludes halogenated alkanes) is 7. The van der Waals surface area contributed by atoms with E-state index in [4.69, 9.17) is 4.43 Å². The lowest BCUT2D eigenvalue weighted by Gasteiger charge is -2.36. The fourth-order valence-corrected chi connectivity index (χ4v) is 3.58. The molecule has 0 aromatic heterocycles. The summed E-state index contributed by atoms with van der Waals surface area (Å²) in [7, 11) is -1.54. The van der Waals surface area contributed by atoms with Gasteiger partial charge in [-0.1, -0.05) is 79.1 Å². The van der Waals surface area contributed by atoms with Gasteiger partial charge >= 0.3 is 0 Å². The quantitative estimate of drug-likeness (QED) is 0.281. The first-order valence-electron chi connectivity index (χ1n) is 10.0. The number of aliphatic hydroxyl groups is 1. The van der Waals surface area contributed by atoms with E-state index in [0.29, 0.717) is 5.04 Å². The van der Waals surface area contributed by atoms with Crippen LogP contribution in [0.15, 0.2) is 0 Å². The maximum Gasteiger partial charge on any atom is 0.191 e. The minimum absolute atomic E-state index is 0.0533. The second-order valence-corrected chi connectivity index (χ2v) is 13.5. The average molecular weight is 345 g/mol. The molecule has 0 aliphatic rings. The van der Waals surface area contributed by atoms with E-state index in [9.17, 15) is 5.11 Å². The Balaban J connectivity index is 3.38. The van der Waals surface area contributed by atoms with Gasteiger partial charge in [0.25, 0.3) is 0 Å². The maximum absolute atomic E-state index is 9.79. The first kappa shape index (κ1) is 23.1. The van der Waals surface area contributed by atoms with Gasteiger partial charge in [-0.3, -0.25) is 0 Å². The van der Waals surface area contributed by atoms with Gasteiger partial charge in [0.15, 0.2) is 8.32 Å². The summed E-state index contributed by atoms with van der Waals surface area (Å²) in [6.07, 6.45) is 13.3. The molecule has 0 aromatic rings. The van der Waals surface area contributed by atoms with Crippen LogP contribution in [0, 0.1) is 0 Å². The van der Waals surface area contributed by atoms with E-state index in [-0.39, 0.29) is 6.10 Å². The van der Waals surface area contributed by atoms with Crippen LogP contribution in [0.5, 0.6) is 0 Å². The Morgan fingerprint density at radius 2 is 1.30 bits per heavy atom. The van der Waals surface area contributed by atoms with Crippen molar-refractivity contribution in [2.24, 2.45) is 0 Å². The molecule has 2 nitrogen and oxygen atoms in total. The van der Waals surface area contributed by atoms with Gasteiger partial charge in [-0.05, 0) is 37.4 Å². The monoisotopic (exact) mass is 344 g/mol. The van der Waals surface area contributed by atoms with Crippen LogP contribution in [0.4, 0.5) is 0 Å². The van der Waals surface area contributed by atoms with E-state index in [1.165, 1.54) is 51.4 Å². The largest absolute Gasteiger partial charge is 0.417 e. The molecule has 140 valence electrons. The van der Waals surface area contributed by atoms with Gasteiger partial charge in [0.1, 0.15) is 0 Å². The van der Waals surface area contributed by atoms with E-state index in [2.05, 4.69) is 40.8 Å². The van der Waals surface area contributed by atoms with Gasteiger partial charge in [0.2, 0.25) is 0 Å². The lowest BCUT2D eigenvalue weighted by atomic mass is 10.0. The summed E-state index contributed by atoms with van der Waals surface area (Å²) in [4.78, 5) is 0. The van der Waals surface area contributed by atoms with Gasteiger partial charge < -0.3 is 9.53 Å². The van der Waals surface area contributed by atoms with Crippen molar-refractivity contribution in [3.8, 4) is 0 Å². The second-order valence-electron chi connectivity index (χ2n) is 8.67. The van der Waals surface area contributed by atoms with E-state index < -0.39 is 8.32 Å². The molecule has 0 bridgehead atoms. The van der Waals surface area contributed by atoms with Crippen molar-refractivity contribution >= 4 is 8.32 Å². The fourth-order valence-electron chi connectivity index (χ4n) is 2.49. The predicted octanol–water partition coefficient (Wildman–Crippen LogP) is 6.68. The summed E-state index contributed by atoms with van der Waals surface area (Å²) in [6, 6.07) is 0. The molecule has 0 radical (unpaired) electrons. The van der Waals surface area contributed by atoms with Crippen molar-refractivity contribution in [3.63, 3.8) is 0 Å². The first-order chi connectivity index (χ1) is 10.7. The minimum atomic E-state index is -1.54. The summed E-state index contributed by atoms with van der Waals surface area (Å²) >= 11 is 0. The van der Waals surface area contributed by atoms with Crippen LogP contribution >= 0.6 is 0 Å². The third-order valence-corrected chi connectivity index (χ3v) is 9.88. The van der Waals surface area contributed by atoms with Gasteiger partial charge in [-0.2, -0.15) is 0 Å². The molecule has 0 saturated carbocycles. The van der Waals surface area contributed by atoms with Crippen LogP contribution in [0.2, 0.25) is 18.1 Å². The molecule has 0 aliphatic heterocycles. The molecule has 1 atom stereocenters. The van der Waals surface area contributed by atoms with E-state index in [1.807, 2.05) is 0 Å². The standard InChI is InChI=1S/C20H44O2Si/c1-7-8-16-19(21)17-14-12-10-9-11-13-15-18-22-23(5,6)20(2,3)4/h19,21H,7-18H2,1-6H3. The van der Waals surface area contributed by atoms with Crippen molar-refractivity contribution in [2.45, 2.75) is 123 Å². The highest BCUT2D eigenvalue weighted by molar-refractivity contribution is 6.74. The Kier molecular flexibility index (Phi) is 12.6. The summed E-state index contributed by atoms with van der Waals surface area (Å²) in [5.74, 6) is 0. The second kappa shape index (κ2) is 12.5. The Morgan fingerprint density at radius 3 is 1.83 bits per heavy atom. The molecular formula is C20H44O2Si. The van der Waals surface area contributed by atoms with Crippen LogP contribution in [-0.4, -0.2) is 26.1 Å². The molecule has 0 rings (SSSR count). The Bertz CT molecular complexity index is 271. The highest BCUT2D eigenvalue weighted by Crippen LogP contribution is 2.36. The Labute approximate surface area is 147 Å². The van der Waals surface area contributed by atoms with Gasteiger partial charge in [-0.15, -0.1) is 0 Å². The fraction of sp³-hybridized carbons (Fsp3) is 1.00. The number of aliphatic hydroxyl groups excluding tert-OH is 1. The average Bonchev–Trinajstić information content (AvgIpc) is 2.45. The maximum atomic E-state index is 9.79. The highest BCUT2D eigenvalue weighted by Gasteiger charge is 2.36. The van der Waals surface area contributed by atoms with Crippen molar-refractivity contribution in [1.29, 1.82) is 0 Å². The normalized spacial score (nSPS) is 14.2. The van der Waals surface area contributed by atoms with E-state index in [1.54, 1.807) is 0 Å². The topological polar surface area (TPSA) is 29.5 Å². The third kappa shape index (κ3) is 12.2. The molecular weight excluding hydrogens is 300 g/mol. The van der Waals surface area contributed by atoms with Crippen molar-refractivity contribution < 1.29 is 9.53 Å². The summed E-state index contributed by atoms with van der Waals surface area (Å²) in [5.41, 5.74) is 0. The molecule has 23 heavy (non-hydrogen) atoms. The number of hydrogen-bond acceptors (Lipinski definition) is 2. The SMILES string of the molecule is CCCCC(O)CCCCCCCCCO[Si](C)(C)C(C)(C)C. The molecule has 0 fully saturated rings. The summed E-state index contributed by atoms with van der Waals surface area (Å²) < 4.78 is 6.21. The molecule has 1 unspecified atom stereocenters. The van der Waals surface area contributed by atoms with Crippen molar-refractivity contribution in [1.82, 2.24) is 0 Å². The minimum Gasteiger partial charge on any atom is -0.417 e. The molecule has 0 aliphatic carbocycles. The lowest BCUT2D eigenvalue weighted by molar-refractivity contribution is 0.148. The summed E-state index contributed by atoms with van der Waals surface area (Å²) in [5, 5.41) is 10.1. The number of rotatable bonds is 14. The smallest absolute Gasteiger partial charge is 0.191 e. The van der Waals surface area contributed by atoms with Crippen molar-refractivity contribution in [3.05, 3.63) is 0 Å². The third-order valence-electron chi connectivity index (χ3n) is 5.34. The molecule has 3 heteroatoms. The molecule has 0 amide bonds. The van der Waals surface area contributed by atoms with Gasteiger partial charge in [0, 0.05) is 6.61 Å². The Hall–Kier alpha value is 0.137. The van der Waals surface area contributed by atoms with E-state index >= 15 is 0 Å². The van der Waals surface area contributed by atoms with Crippen LogP contribution < -0.4 is 0 Å². The van der Waals surface area contributed by atoms with Crippen molar-refractivity contribution in [2.75, 3.05) is 6.61 Å². The van der Waals surface area contributed by atoms with Crippen LogP contribution in [0.1, 0.15) is 98.3 Å². The number of hydrogen-bond donors (Lipinski definition) is 1. The zero-order valence-electron chi connectivity index (χ0n) is 16.9. The highest BCUT2D eigenvalue weighted by atomic mass is 28.4. The first-order valence-corrected chi connectivity index (χ1v) is 12.9. The molecule has 0 heterocycles. The van der Waals surface area contributed by atoms with Crippen LogP contribution in [0.3, 0.4) is 0 Å². The summed E-state index contributed by atoms with van der Waals surface area (Å²) in [6.45, 7) is 14.7. The lowest BCUT2D eigenvalue weighted by Crippen LogP contribution is -2.40. The van der Waals surface area contributed by atoms with Gasteiger partial charge in [0.05, 0.1) is 6.10 Å². The molecule has 1 N–H and O–H groups in total. The Morgan fingerprint density at radius 1 is 0.826 bits per heavy atom. The molecule has 0 spiro atoms. The zero-order valence-corrected chi connectivity index (χ0v) is 17.9. The van der Waals surface area contributed by atoms with Gasteiger partial charge in [-0.25, -0.2) is 0 Å². The van der Waals surface area contributed by atoms with Crippen LogP contribution in [-0.2, 0) is 4.43 Å². The van der Waals surface area contributed by atoms with E-state index in [0.717, 1.165) is 25.9 Å². The van der Waals surface area contributed by atoms with Crippen LogP contribution in [0.25, 0.3) is 0 Å². The molecule has 0 aromatic carbocycles. The zero-order chi connectivity index (χ0) is 17.8.